The van der Waals surface area contributed by atoms with E-state index < -0.39 is 10.1 Å². The fourth-order valence-corrected chi connectivity index (χ4v) is 4.70. The molecule has 0 saturated carbocycles. The third-order valence-corrected chi connectivity index (χ3v) is 6.39. The highest BCUT2D eigenvalue weighted by molar-refractivity contribution is 7.87. The van der Waals surface area contributed by atoms with Gasteiger partial charge in [0.1, 0.15) is 10.6 Å². The molecule has 0 N–H and O–H groups in total. The van der Waals surface area contributed by atoms with Crippen LogP contribution in [0.5, 0.6) is 5.75 Å². The highest BCUT2D eigenvalue weighted by Gasteiger charge is 2.24. The zero-order valence-corrected chi connectivity index (χ0v) is 18.4. The first kappa shape index (κ1) is 21.9. The topological polar surface area (TPSA) is 76.8 Å². The molecule has 30 heavy (non-hydrogen) atoms. The zero-order valence-electron chi connectivity index (χ0n) is 16.8. The molecule has 0 radical (unpaired) electrons. The van der Waals surface area contributed by atoms with Crippen molar-refractivity contribution in [1.29, 1.82) is 0 Å². The van der Waals surface area contributed by atoms with Gasteiger partial charge in [-0.25, -0.2) is 0 Å². The molecule has 6 nitrogen and oxygen atoms in total. The Labute approximate surface area is 181 Å². The summed E-state index contributed by atoms with van der Waals surface area (Å²) in [7, 11) is -4.08. The molecular weight excluding hydrogens is 426 g/mol. The van der Waals surface area contributed by atoms with Gasteiger partial charge >= 0.3 is 10.1 Å². The third kappa shape index (κ3) is 4.86. The molecule has 0 aliphatic heterocycles. The van der Waals surface area contributed by atoms with Gasteiger partial charge in [0.05, 0.1) is 11.3 Å². The normalized spacial score (nSPS) is 11.5. The van der Waals surface area contributed by atoms with Gasteiger partial charge in [0.25, 0.3) is 5.91 Å². The molecule has 0 unspecified atom stereocenters. The van der Waals surface area contributed by atoms with E-state index in [0.717, 1.165) is 5.56 Å². The van der Waals surface area contributed by atoms with Crippen molar-refractivity contribution in [2.45, 2.75) is 38.3 Å². The molecule has 158 valence electrons. The summed E-state index contributed by atoms with van der Waals surface area (Å²) in [6, 6.07) is 14.6. The summed E-state index contributed by atoms with van der Waals surface area (Å²) in [5.41, 5.74) is 1.32. The highest BCUT2D eigenvalue weighted by atomic mass is 35.5. The van der Waals surface area contributed by atoms with Crippen LogP contribution in [0.1, 0.15) is 35.5 Å². The second-order valence-electron chi connectivity index (χ2n) is 7.07. The van der Waals surface area contributed by atoms with E-state index in [1.54, 1.807) is 60.4 Å². The predicted octanol–water partition coefficient (Wildman–Crippen LogP) is 5.06. The van der Waals surface area contributed by atoms with Gasteiger partial charge in [-0.15, -0.1) is 0 Å². The van der Waals surface area contributed by atoms with E-state index in [4.69, 9.17) is 20.2 Å². The maximum atomic E-state index is 12.6. The van der Waals surface area contributed by atoms with Crippen molar-refractivity contribution in [3.05, 3.63) is 82.8 Å². The van der Waals surface area contributed by atoms with Gasteiger partial charge in [0.2, 0.25) is 0 Å². The Morgan fingerprint density at radius 2 is 1.80 bits per heavy atom. The van der Waals surface area contributed by atoms with Crippen LogP contribution in [-0.2, 0) is 16.7 Å². The zero-order chi connectivity index (χ0) is 21.9. The van der Waals surface area contributed by atoms with Crippen molar-refractivity contribution >= 4 is 27.6 Å². The number of rotatable bonds is 7. The van der Waals surface area contributed by atoms with Crippen LogP contribution in [-0.4, -0.2) is 25.3 Å². The van der Waals surface area contributed by atoms with Crippen molar-refractivity contribution in [1.82, 2.24) is 4.90 Å². The number of amides is 1. The number of hydrogen-bond donors (Lipinski definition) is 0. The van der Waals surface area contributed by atoms with Crippen LogP contribution in [0.3, 0.4) is 0 Å². The summed E-state index contributed by atoms with van der Waals surface area (Å²) < 4.78 is 35.8. The van der Waals surface area contributed by atoms with E-state index in [9.17, 15) is 13.2 Å². The fraction of sp³-hybridized carbons (Fsp3) is 0.227. The second kappa shape index (κ2) is 8.93. The first-order chi connectivity index (χ1) is 14.2. The first-order valence-electron chi connectivity index (χ1n) is 9.32. The summed E-state index contributed by atoms with van der Waals surface area (Å²) in [5.74, 6) is 0.212. The SMILES string of the molecule is Cc1cccc(Cl)c1S(=O)(=O)Oc1ccc(CN(C(=O)c2ccco2)C(C)C)cc1. The molecule has 0 fully saturated rings. The second-order valence-corrected chi connectivity index (χ2v) is 8.96. The van der Waals surface area contributed by atoms with Gasteiger partial charge in [-0.1, -0.05) is 35.9 Å². The van der Waals surface area contributed by atoms with Crippen molar-refractivity contribution in [2.75, 3.05) is 0 Å². The number of nitrogens with zero attached hydrogens (tertiary/aromatic N) is 1. The molecule has 0 spiro atoms. The number of hydrogen-bond acceptors (Lipinski definition) is 5. The van der Waals surface area contributed by atoms with Crippen LogP contribution in [0.4, 0.5) is 0 Å². The van der Waals surface area contributed by atoms with Gasteiger partial charge in [-0.2, -0.15) is 8.42 Å². The van der Waals surface area contributed by atoms with E-state index in [0.29, 0.717) is 12.1 Å². The summed E-state index contributed by atoms with van der Waals surface area (Å²) >= 11 is 6.06. The molecule has 1 aromatic heterocycles. The lowest BCUT2D eigenvalue weighted by Gasteiger charge is -2.26. The Bertz CT molecular complexity index is 1100. The maximum absolute atomic E-state index is 12.6. The Morgan fingerprint density at radius 1 is 1.10 bits per heavy atom. The van der Waals surface area contributed by atoms with Crippen molar-refractivity contribution in [3.8, 4) is 5.75 Å². The average molecular weight is 448 g/mol. The van der Waals surface area contributed by atoms with Crippen molar-refractivity contribution < 1.29 is 21.8 Å². The fourth-order valence-electron chi connectivity index (χ4n) is 2.98. The Hall–Kier alpha value is -2.77. The standard InChI is InChI=1S/C22H22ClNO5S/c1-15(2)24(22(25)20-8-5-13-28-20)14-17-9-11-18(12-10-17)29-30(26,27)21-16(3)6-4-7-19(21)23/h4-13,15H,14H2,1-3H3. The molecule has 2 aromatic carbocycles. The van der Waals surface area contributed by atoms with Gasteiger partial charge in [0.15, 0.2) is 5.76 Å². The lowest BCUT2D eigenvalue weighted by atomic mass is 10.1. The molecule has 0 bridgehead atoms. The van der Waals surface area contributed by atoms with E-state index in [-0.39, 0.29) is 33.4 Å². The molecule has 8 heteroatoms. The monoisotopic (exact) mass is 447 g/mol. The number of carbonyl (C=O) groups is 1. The quantitative estimate of drug-likeness (QED) is 0.473. The number of halogens is 1. The Kier molecular flexibility index (Phi) is 6.53. The van der Waals surface area contributed by atoms with Gasteiger partial charge in [-0.05, 0) is 62.2 Å². The molecule has 0 aliphatic carbocycles. The minimum atomic E-state index is -4.08. The van der Waals surface area contributed by atoms with Crippen molar-refractivity contribution in [2.24, 2.45) is 0 Å². The molecular formula is C22H22ClNO5S. The van der Waals surface area contributed by atoms with Crippen molar-refractivity contribution in [3.63, 3.8) is 0 Å². The lowest BCUT2D eigenvalue weighted by Crippen LogP contribution is -2.36. The van der Waals surface area contributed by atoms with Crippen LogP contribution >= 0.6 is 11.6 Å². The van der Waals surface area contributed by atoms with Crippen LogP contribution in [0.2, 0.25) is 5.02 Å². The number of benzene rings is 2. The summed E-state index contributed by atoms with van der Waals surface area (Å²) in [5, 5.41) is 0.107. The Balaban J connectivity index is 1.77. The summed E-state index contributed by atoms with van der Waals surface area (Å²) in [4.78, 5) is 14.3. The maximum Gasteiger partial charge on any atom is 0.340 e. The Morgan fingerprint density at radius 3 is 2.37 bits per heavy atom. The van der Waals surface area contributed by atoms with Crippen LogP contribution < -0.4 is 4.18 Å². The number of carbonyl (C=O) groups excluding carboxylic acids is 1. The largest absolute Gasteiger partial charge is 0.459 e. The van der Waals surface area contributed by atoms with E-state index in [1.165, 1.54) is 12.3 Å². The van der Waals surface area contributed by atoms with Gasteiger partial charge in [-0.3, -0.25) is 4.79 Å². The molecule has 3 aromatic rings. The number of furan rings is 1. The lowest BCUT2D eigenvalue weighted by molar-refractivity contribution is 0.0657. The summed E-state index contributed by atoms with van der Waals surface area (Å²) in [6.45, 7) is 5.82. The molecule has 0 saturated heterocycles. The van der Waals surface area contributed by atoms with Crippen LogP contribution in [0, 0.1) is 6.92 Å². The summed E-state index contributed by atoms with van der Waals surface area (Å²) in [6.07, 6.45) is 1.46. The van der Waals surface area contributed by atoms with E-state index in [2.05, 4.69) is 0 Å². The first-order valence-corrected chi connectivity index (χ1v) is 11.1. The van der Waals surface area contributed by atoms with Crippen LogP contribution in [0.15, 0.2) is 70.2 Å². The molecule has 1 amide bonds. The highest BCUT2D eigenvalue weighted by Crippen LogP contribution is 2.28. The molecule has 1 heterocycles. The van der Waals surface area contributed by atoms with E-state index in [1.807, 2.05) is 13.8 Å². The van der Waals surface area contributed by atoms with Crippen LogP contribution in [0.25, 0.3) is 0 Å². The minimum Gasteiger partial charge on any atom is -0.459 e. The molecule has 3 rings (SSSR count). The molecule has 0 atom stereocenters. The third-order valence-electron chi connectivity index (χ3n) is 4.51. The van der Waals surface area contributed by atoms with Gasteiger partial charge < -0.3 is 13.5 Å². The van der Waals surface area contributed by atoms with Gasteiger partial charge in [0, 0.05) is 12.6 Å². The minimum absolute atomic E-state index is 0.0502. The van der Waals surface area contributed by atoms with E-state index >= 15 is 0 Å². The smallest absolute Gasteiger partial charge is 0.340 e. The number of aryl methyl sites for hydroxylation is 1. The predicted molar refractivity (Wildman–Crippen MR) is 114 cm³/mol. The average Bonchev–Trinajstić information content (AvgIpc) is 3.21. The molecule has 0 aliphatic rings.